The van der Waals surface area contributed by atoms with Crippen molar-refractivity contribution in [3.05, 3.63) is 58.0 Å². The van der Waals surface area contributed by atoms with Gasteiger partial charge in [0.05, 0.1) is 6.61 Å². The molecule has 1 heterocycles. The van der Waals surface area contributed by atoms with Crippen molar-refractivity contribution >= 4 is 54.0 Å². The van der Waals surface area contributed by atoms with Crippen LogP contribution in [0.5, 0.6) is 5.75 Å². The number of halogens is 1. The van der Waals surface area contributed by atoms with Crippen molar-refractivity contribution in [1.29, 1.82) is 0 Å². The summed E-state index contributed by atoms with van der Waals surface area (Å²) in [6.07, 6.45) is 0. The van der Waals surface area contributed by atoms with Crippen LogP contribution in [0.15, 0.2) is 57.3 Å². The second-order valence-corrected chi connectivity index (χ2v) is 8.80. The Hall–Kier alpha value is -2.50. The molecule has 0 spiro atoms. The summed E-state index contributed by atoms with van der Waals surface area (Å²) in [4.78, 5) is 12.2. The molecule has 0 atom stereocenters. The smallest absolute Gasteiger partial charge is 0.265 e. The summed E-state index contributed by atoms with van der Waals surface area (Å²) in [5, 5.41) is 10.4. The number of carbonyl (C=O) groups is 1. The highest BCUT2D eigenvalue weighted by molar-refractivity contribution is 9.10. The molecule has 11 heteroatoms. The van der Waals surface area contributed by atoms with Crippen molar-refractivity contribution in [3.63, 3.8) is 0 Å². The first-order valence-electron chi connectivity index (χ1n) is 8.02. The second-order valence-electron chi connectivity index (χ2n) is 5.40. The van der Waals surface area contributed by atoms with Crippen LogP contribution >= 0.6 is 27.3 Å². The Bertz CT molecular complexity index is 1070. The lowest BCUT2D eigenvalue weighted by molar-refractivity contribution is 0.102. The van der Waals surface area contributed by atoms with Crippen molar-refractivity contribution in [3.8, 4) is 5.75 Å². The molecule has 2 N–H and O–H groups in total. The van der Waals surface area contributed by atoms with Crippen molar-refractivity contribution in [2.45, 2.75) is 11.8 Å². The highest BCUT2D eigenvalue weighted by Crippen LogP contribution is 2.29. The van der Waals surface area contributed by atoms with Crippen LogP contribution in [0, 0.1) is 0 Å². The summed E-state index contributed by atoms with van der Waals surface area (Å²) >= 11 is 4.47. The number of ether oxygens (including phenoxy) is 1. The number of benzene rings is 2. The largest absolute Gasteiger partial charge is 0.492 e. The zero-order valence-corrected chi connectivity index (χ0v) is 17.8. The average molecular weight is 483 g/mol. The molecule has 8 nitrogen and oxygen atoms in total. The molecule has 0 aliphatic rings. The SMILES string of the molecule is CCOc1ccc(Br)cc1S(=O)(=O)Nc1ccc(C(=O)Nc2nncs2)cc1. The minimum absolute atomic E-state index is 0.0156. The van der Waals surface area contributed by atoms with Gasteiger partial charge < -0.3 is 4.74 Å². The van der Waals surface area contributed by atoms with E-state index in [1.54, 1.807) is 19.1 Å². The Balaban J connectivity index is 1.78. The molecule has 0 bridgehead atoms. The number of nitrogens with zero attached hydrogens (tertiary/aromatic N) is 2. The maximum absolute atomic E-state index is 12.8. The van der Waals surface area contributed by atoms with E-state index in [0.29, 0.717) is 27.5 Å². The maximum Gasteiger partial charge on any atom is 0.265 e. The van der Waals surface area contributed by atoms with Crippen molar-refractivity contribution < 1.29 is 17.9 Å². The van der Waals surface area contributed by atoms with E-state index in [4.69, 9.17) is 4.74 Å². The summed E-state index contributed by atoms with van der Waals surface area (Å²) < 4.78 is 34.1. The van der Waals surface area contributed by atoms with Crippen LogP contribution in [0.2, 0.25) is 0 Å². The Labute approximate surface area is 174 Å². The second kappa shape index (κ2) is 8.67. The van der Waals surface area contributed by atoms with E-state index >= 15 is 0 Å². The van der Waals surface area contributed by atoms with E-state index in [9.17, 15) is 13.2 Å². The zero-order valence-electron chi connectivity index (χ0n) is 14.5. The summed E-state index contributed by atoms with van der Waals surface area (Å²) in [5.41, 5.74) is 2.18. The summed E-state index contributed by atoms with van der Waals surface area (Å²) in [6, 6.07) is 10.8. The lowest BCUT2D eigenvalue weighted by Crippen LogP contribution is -2.15. The predicted molar refractivity (Wildman–Crippen MR) is 110 cm³/mol. The van der Waals surface area contributed by atoms with E-state index in [1.165, 1.54) is 47.2 Å². The van der Waals surface area contributed by atoms with Gasteiger partial charge in [-0.3, -0.25) is 14.8 Å². The van der Waals surface area contributed by atoms with Gasteiger partial charge in [-0.05, 0) is 49.4 Å². The topological polar surface area (TPSA) is 110 Å². The van der Waals surface area contributed by atoms with Gasteiger partial charge in [0.25, 0.3) is 15.9 Å². The van der Waals surface area contributed by atoms with Crippen LogP contribution in [0.1, 0.15) is 17.3 Å². The van der Waals surface area contributed by atoms with Crippen LogP contribution in [-0.4, -0.2) is 31.1 Å². The van der Waals surface area contributed by atoms with E-state index in [0.717, 1.165) is 0 Å². The van der Waals surface area contributed by atoms with Gasteiger partial charge in [0.2, 0.25) is 5.13 Å². The Morgan fingerprint density at radius 2 is 1.96 bits per heavy atom. The molecule has 3 rings (SSSR count). The maximum atomic E-state index is 12.8. The number of hydrogen-bond donors (Lipinski definition) is 2. The van der Waals surface area contributed by atoms with E-state index in [1.807, 2.05) is 0 Å². The quantitative estimate of drug-likeness (QED) is 0.530. The molecule has 1 aromatic heterocycles. The van der Waals surface area contributed by atoms with Gasteiger partial charge in [-0.25, -0.2) is 8.42 Å². The number of amides is 1. The van der Waals surface area contributed by atoms with Gasteiger partial charge in [0.15, 0.2) is 0 Å². The number of carbonyl (C=O) groups excluding carboxylic acids is 1. The highest BCUT2D eigenvalue weighted by atomic mass is 79.9. The minimum Gasteiger partial charge on any atom is -0.492 e. The third-order valence-corrected chi connectivity index (χ3v) is 5.98. The van der Waals surface area contributed by atoms with Crippen LogP contribution < -0.4 is 14.8 Å². The molecule has 2 aromatic carbocycles. The van der Waals surface area contributed by atoms with Gasteiger partial charge in [0.1, 0.15) is 16.2 Å². The third-order valence-electron chi connectivity index (χ3n) is 3.47. The monoisotopic (exact) mass is 482 g/mol. The standard InChI is InChI=1S/C17H15BrN4O4S2/c1-2-26-14-8-5-12(18)9-15(14)28(24,25)22-13-6-3-11(4-7-13)16(23)20-17-21-19-10-27-17/h3-10,22H,2H2,1H3,(H,20,21,23). The first kappa shape index (κ1) is 20.2. The Kier molecular flexibility index (Phi) is 6.27. The molecular weight excluding hydrogens is 468 g/mol. The molecule has 28 heavy (non-hydrogen) atoms. The van der Waals surface area contributed by atoms with Crippen molar-refractivity contribution in [1.82, 2.24) is 10.2 Å². The summed E-state index contributed by atoms with van der Waals surface area (Å²) in [7, 11) is -3.88. The normalized spacial score (nSPS) is 11.1. The fourth-order valence-electron chi connectivity index (χ4n) is 2.26. The van der Waals surface area contributed by atoms with Gasteiger partial charge in [-0.15, -0.1) is 10.2 Å². The lowest BCUT2D eigenvalue weighted by Gasteiger charge is -2.13. The molecule has 0 radical (unpaired) electrons. The number of nitrogens with one attached hydrogen (secondary N) is 2. The number of rotatable bonds is 7. The summed E-state index contributed by atoms with van der Waals surface area (Å²) in [5.74, 6) is -0.108. The fourth-order valence-corrected chi connectivity index (χ4v) is 4.45. The van der Waals surface area contributed by atoms with Crippen LogP contribution in [0.25, 0.3) is 0 Å². The predicted octanol–water partition coefficient (Wildman–Crippen LogP) is 3.75. The summed E-state index contributed by atoms with van der Waals surface area (Å²) in [6.45, 7) is 2.11. The molecule has 3 aromatic rings. The molecule has 146 valence electrons. The molecule has 0 aliphatic heterocycles. The van der Waals surface area contributed by atoms with Crippen LogP contribution in [0.3, 0.4) is 0 Å². The third kappa shape index (κ3) is 4.86. The lowest BCUT2D eigenvalue weighted by atomic mass is 10.2. The molecular formula is C17H15BrN4O4S2. The average Bonchev–Trinajstić information content (AvgIpc) is 3.16. The first-order chi connectivity index (χ1) is 13.4. The van der Waals surface area contributed by atoms with Crippen molar-refractivity contribution in [2.24, 2.45) is 0 Å². The molecule has 1 amide bonds. The van der Waals surface area contributed by atoms with Crippen molar-refractivity contribution in [2.75, 3.05) is 16.6 Å². The van der Waals surface area contributed by atoms with Gasteiger partial charge >= 0.3 is 0 Å². The Morgan fingerprint density at radius 3 is 2.61 bits per heavy atom. The fraction of sp³-hybridized carbons (Fsp3) is 0.118. The van der Waals surface area contributed by atoms with E-state index < -0.39 is 10.0 Å². The van der Waals surface area contributed by atoms with Gasteiger partial charge in [-0.1, -0.05) is 27.3 Å². The number of anilines is 2. The Morgan fingerprint density at radius 1 is 1.21 bits per heavy atom. The van der Waals surface area contributed by atoms with E-state index in [-0.39, 0.29) is 16.6 Å². The zero-order chi connectivity index (χ0) is 20.1. The van der Waals surface area contributed by atoms with Gasteiger partial charge in [-0.2, -0.15) is 0 Å². The molecule has 0 aliphatic carbocycles. The molecule has 0 unspecified atom stereocenters. The number of aromatic nitrogens is 2. The highest BCUT2D eigenvalue weighted by Gasteiger charge is 2.20. The van der Waals surface area contributed by atoms with Crippen LogP contribution in [-0.2, 0) is 10.0 Å². The van der Waals surface area contributed by atoms with Crippen LogP contribution in [0.4, 0.5) is 10.8 Å². The molecule has 0 saturated carbocycles. The number of sulfonamides is 1. The minimum atomic E-state index is -3.88. The molecule has 0 fully saturated rings. The van der Waals surface area contributed by atoms with E-state index in [2.05, 4.69) is 36.2 Å². The van der Waals surface area contributed by atoms with Gasteiger partial charge in [0, 0.05) is 15.7 Å². The molecule has 0 saturated heterocycles. The first-order valence-corrected chi connectivity index (χ1v) is 11.2. The number of hydrogen-bond acceptors (Lipinski definition) is 7.